The molecule has 1 N–H and O–H groups in total. The molecule has 4 rings (SSSR count). The maximum atomic E-state index is 12.8. The van der Waals surface area contributed by atoms with Crippen molar-refractivity contribution < 1.29 is 13.6 Å². The van der Waals surface area contributed by atoms with Gasteiger partial charge in [0.15, 0.2) is 11.0 Å². The quantitative estimate of drug-likeness (QED) is 0.325. The highest BCUT2D eigenvalue weighted by Crippen LogP contribution is 2.32. The summed E-state index contributed by atoms with van der Waals surface area (Å²) in [5.74, 6) is -2.26. The SMILES string of the molecule is Cc1ccccc1-n1c(SCC(=O)Nc2ccccc2SC(F)F)nnc1-c1cccnc1. The van der Waals surface area contributed by atoms with Gasteiger partial charge in [0.25, 0.3) is 5.76 Å². The van der Waals surface area contributed by atoms with Crippen LogP contribution in [0, 0.1) is 6.92 Å². The number of thioether (sulfide) groups is 2. The highest BCUT2D eigenvalue weighted by atomic mass is 32.2. The molecule has 2 heterocycles. The highest BCUT2D eigenvalue weighted by molar-refractivity contribution is 8.00. The van der Waals surface area contributed by atoms with Crippen LogP contribution in [0.15, 0.2) is 83.1 Å². The number of carbonyl (C=O) groups is 1. The number of hydrogen-bond donors (Lipinski definition) is 1. The van der Waals surface area contributed by atoms with Crippen LogP contribution in [0.4, 0.5) is 14.5 Å². The van der Waals surface area contributed by atoms with Crippen LogP contribution in [0.5, 0.6) is 0 Å². The molecule has 33 heavy (non-hydrogen) atoms. The summed E-state index contributed by atoms with van der Waals surface area (Å²) in [5.41, 5.74) is 3.06. The van der Waals surface area contributed by atoms with Crippen LogP contribution in [-0.2, 0) is 4.79 Å². The van der Waals surface area contributed by atoms with Crippen molar-refractivity contribution in [2.45, 2.75) is 22.7 Å². The minimum Gasteiger partial charge on any atom is -0.324 e. The molecule has 2 aromatic heterocycles. The van der Waals surface area contributed by atoms with Gasteiger partial charge in [0, 0.05) is 22.9 Å². The Hall–Kier alpha value is -3.24. The fraction of sp³-hybridized carbons (Fsp3) is 0.130. The highest BCUT2D eigenvalue weighted by Gasteiger charge is 2.19. The average Bonchev–Trinajstić information content (AvgIpc) is 3.23. The van der Waals surface area contributed by atoms with E-state index in [4.69, 9.17) is 0 Å². The summed E-state index contributed by atoms with van der Waals surface area (Å²) >= 11 is 1.61. The van der Waals surface area contributed by atoms with Crippen LogP contribution < -0.4 is 5.32 Å². The predicted molar refractivity (Wildman–Crippen MR) is 127 cm³/mol. The molecule has 4 aromatic rings. The lowest BCUT2D eigenvalue weighted by atomic mass is 10.2. The second-order valence-electron chi connectivity index (χ2n) is 6.88. The standard InChI is InChI=1S/C23H19F2N5OS2/c1-15-7-2-4-10-18(15)30-21(16-8-6-12-26-13-16)28-29-23(30)32-14-20(31)27-17-9-3-5-11-19(17)33-22(24)25/h2-13,22H,14H2,1H3,(H,27,31). The first-order valence-electron chi connectivity index (χ1n) is 9.91. The van der Waals surface area contributed by atoms with E-state index in [0.717, 1.165) is 16.8 Å². The number of anilines is 1. The molecule has 0 fully saturated rings. The number of benzene rings is 2. The Bertz CT molecular complexity index is 1250. The third kappa shape index (κ3) is 5.58. The smallest absolute Gasteiger partial charge is 0.288 e. The summed E-state index contributed by atoms with van der Waals surface area (Å²) in [6.45, 7) is 1.99. The number of rotatable bonds is 8. The van der Waals surface area contributed by atoms with Crippen molar-refractivity contribution in [2.24, 2.45) is 0 Å². The van der Waals surface area contributed by atoms with Gasteiger partial charge in [0.1, 0.15) is 0 Å². The Labute approximate surface area is 197 Å². The van der Waals surface area contributed by atoms with E-state index in [1.165, 1.54) is 11.8 Å². The number of nitrogens with one attached hydrogen (secondary N) is 1. The van der Waals surface area contributed by atoms with Crippen LogP contribution in [0.25, 0.3) is 17.1 Å². The van der Waals surface area contributed by atoms with Crippen LogP contribution in [0.1, 0.15) is 5.56 Å². The molecule has 2 aromatic carbocycles. The lowest BCUT2D eigenvalue weighted by molar-refractivity contribution is -0.113. The number of pyridine rings is 1. The Balaban J connectivity index is 1.58. The molecule has 0 aliphatic carbocycles. The number of alkyl halides is 2. The van der Waals surface area contributed by atoms with Crippen molar-refractivity contribution >= 4 is 35.1 Å². The minimum absolute atomic E-state index is 0.0325. The molecule has 0 spiro atoms. The Kier molecular flexibility index (Phi) is 7.36. The number of para-hydroxylation sites is 2. The van der Waals surface area contributed by atoms with Gasteiger partial charge in [-0.3, -0.25) is 14.3 Å². The average molecular weight is 484 g/mol. The van der Waals surface area contributed by atoms with E-state index in [9.17, 15) is 13.6 Å². The largest absolute Gasteiger partial charge is 0.324 e. The zero-order valence-electron chi connectivity index (χ0n) is 17.5. The molecule has 10 heteroatoms. The summed E-state index contributed by atoms with van der Waals surface area (Å²) in [4.78, 5) is 17.1. The van der Waals surface area contributed by atoms with Crippen LogP contribution in [0.2, 0.25) is 0 Å². The van der Waals surface area contributed by atoms with E-state index in [1.807, 2.05) is 47.9 Å². The number of hydrogen-bond acceptors (Lipinski definition) is 6. The Morgan fingerprint density at radius 1 is 1.06 bits per heavy atom. The van der Waals surface area contributed by atoms with Gasteiger partial charge >= 0.3 is 0 Å². The number of aromatic nitrogens is 4. The zero-order chi connectivity index (χ0) is 23.2. The Morgan fingerprint density at radius 2 is 1.85 bits per heavy atom. The fourth-order valence-electron chi connectivity index (χ4n) is 3.16. The maximum Gasteiger partial charge on any atom is 0.288 e. The third-order valence-electron chi connectivity index (χ3n) is 4.62. The van der Waals surface area contributed by atoms with Crippen LogP contribution in [-0.4, -0.2) is 37.2 Å². The Morgan fingerprint density at radius 3 is 2.61 bits per heavy atom. The summed E-state index contributed by atoms with van der Waals surface area (Å²) < 4.78 is 27.5. The molecule has 6 nitrogen and oxygen atoms in total. The van der Waals surface area contributed by atoms with E-state index in [1.54, 1.807) is 36.7 Å². The second-order valence-corrected chi connectivity index (χ2v) is 8.86. The van der Waals surface area contributed by atoms with E-state index >= 15 is 0 Å². The summed E-state index contributed by atoms with van der Waals surface area (Å²) in [6.07, 6.45) is 3.39. The molecule has 0 saturated carbocycles. The van der Waals surface area contributed by atoms with Crippen LogP contribution in [0.3, 0.4) is 0 Å². The molecule has 0 saturated heterocycles. The summed E-state index contributed by atoms with van der Waals surface area (Å²) in [7, 11) is 0. The number of amides is 1. The number of halogens is 2. The van der Waals surface area contributed by atoms with Crippen molar-refractivity contribution in [3.63, 3.8) is 0 Å². The molecule has 0 radical (unpaired) electrons. The first kappa shape index (κ1) is 22.9. The monoisotopic (exact) mass is 483 g/mol. The van der Waals surface area contributed by atoms with Gasteiger partial charge < -0.3 is 5.32 Å². The lowest BCUT2D eigenvalue weighted by Gasteiger charge is -2.13. The van der Waals surface area contributed by atoms with Gasteiger partial charge in [-0.1, -0.05) is 53.9 Å². The molecule has 0 unspecified atom stereocenters. The van der Waals surface area contributed by atoms with Gasteiger partial charge in [-0.15, -0.1) is 10.2 Å². The van der Waals surface area contributed by atoms with Gasteiger partial charge in [0.2, 0.25) is 5.91 Å². The number of nitrogens with zero attached hydrogens (tertiary/aromatic N) is 4. The van der Waals surface area contributed by atoms with E-state index in [0.29, 0.717) is 33.3 Å². The molecule has 0 aliphatic rings. The molecular formula is C23H19F2N5OS2. The first-order chi connectivity index (χ1) is 16.0. The van der Waals surface area contributed by atoms with E-state index < -0.39 is 5.76 Å². The van der Waals surface area contributed by atoms with Gasteiger partial charge in [-0.2, -0.15) is 8.78 Å². The van der Waals surface area contributed by atoms with Crippen molar-refractivity contribution in [3.8, 4) is 17.1 Å². The molecule has 0 aliphatic heterocycles. The topological polar surface area (TPSA) is 72.7 Å². The normalized spacial score (nSPS) is 11.0. The second kappa shape index (κ2) is 10.6. The van der Waals surface area contributed by atoms with Crippen molar-refractivity contribution in [1.29, 1.82) is 0 Å². The molecule has 0 atom stereocenters. The summed E-state index contributed by atoms with van der Waals surface area (Å²) in [5, 5.41) is 11.9. The first-order valence-corrected chi connectivity index (χ1v) is 11.8. The summed E-state index contributed by atoms with van der Waals surface area (Å²) in [6, 6.07) is 18.0. The van der Waals surface area contributed by atoms with E-state index in [2.05, 4.69) is 20.5 Å². The van der Waals surface area contributed by atoms with Gasteiger partial charge in [-0.25, -0.2) is 0 Å². The molecule has 0 bridgehead atoms. The third-order valence-corrected chi connectivity index (χ3v) is 6.34. The number of carbonyl (C=O) groups excluding carboxylic acids is 1. The van der Waals surface area contributed by atoms with E-state index in [-0.39, 0.29) is 11.7 Å². The molecular weight excluding hydrogens is 464 g/mol. The van der Waals surface area contributed by atoms with Crippen molar-refractivity contribution in [2.75, 3.05) is 11.1 Å². The van der Waals surface area contributed by atoms with Gasteiger partial charge in [-0.05, 0) is 42.8 Å². The zero-order valence-corrected chi connectivity index (χ0v) is 19.1. The van der Waals surface area contributed by atoms with Gasteiger partial charge in [0.05, 0.1) is 17.1 Å². The minimum atomic E-state index is -2.57. The maximum absolute atomic E-state index is 12.8. The van der Waals surface area contributed by atoms with Crippen LogP contribution >= 0.6 is 23.5 Å². The lowest BCUT2D eigenvalue weighted by Crippen LogP contribution is -2.15. The fourth-order valence-corrected chi connectivity index (χ4v) is 4.50. The molecule has 1 amide bonds. The van der Waals surface area contributed by atoms with Crippen molar-refractivity contribution in [3.05, 3.63) is 78.6 Å². The number of aryl methyl sites for hydroxylation is 1. The molecule has 168 valence electrons. The van der Waals surface area contributed by atoms with Crippen molar-refractivity contribution in [1.82, 2.24) is 19.7 Å². The predicted octanol–water partition coefficient (Wildman–Crippen LogP) is 5.68.